The quantitative estimate of drug-likeness (QED) is 0.805. The average Bonchev–Trinajstić information content (AvgIpc) is 2.58. The van der Waals surface area contributed by atoms with Gasteiger partial charge < -0.3 is 9.52 Å². The van der Waals surface area contributed by atoms with Crippen molar-refractivity contribution in [1.82, 2.24) is 9.55 Å². The Kier molecular flexibility index (Phi) is 2.53. The molecule has 78 valence electrons. The van der Waals surface area contributed by atoms with Crippen LogP contribution in [0.25, 0.3) is 0 Å². The van der Waals surface area contributed by atoms with E-state index in [1.807, 2.05) is 12.1 Å². The summed E-state index contributed by atoms with van der Waals surface area (Å²) in [4.78, 5) is 15.0. The zero-order valence-corrected chi connectivity index (χ0v) is 7.96. The molecule has 0 atom stereocenters. The SMILES string of the molecule is O=c1occ(O)n1CCc1ccncc1. The molecule has 2 aromatic heterocycles. The summed E-state index contributed by atoms with van der Waals surface area (Å²) >= 11 is 0. The van der Waals surface area contributed by atoms with Gasteiger partial charge in [-0.15, -0.1) is 0 Å². The Labute approximate surface area is 85.6 Å². The van der Waals surface area contributed by atoms with Crippen molar-refractivity contribution < 1.29 is 9.52 Å². The molecule has 0 aliphatic heterocycles. The van der Waals surface area contributed by atoms with Crippen molar-refractivity contribution in [3.8, 4) is 5.88 Å². The van der Waals surface area contributed by atoms with Crippen molar-refractivity contribution in [2.45, 2.75) is 13.0 Å². The van der Waals surface area contributed by atoms with Crippen LogP contribution in [0.15, 0.2) is 40.0 Å². The summed E-state index contributed by atoms with van der Waals surface area (Å²) in [6.07, 6.45) is 5.06. The van der Waals surface area contributed by atoms with E-state index in [0.717, 1.165) is 11.8 Å². The van der Waals surface area contributed by atoms with Crippen LogP contribution in [0.3, 0.4) is 0 Å². The van der Waals surface area contributed by atoms with Crippen LogP contribution in [0.2, 0.25) is 0 Å². The number of aryl methyl sites for hydroxylation is 1. The van der Waals surface area contributed by atoms with Crippen LogP contribution in [0, 0.1) is 0 Å². The van der Waals surface area contributed by atoms with Gasteiger partial charge in [-0.05, 0) is 24.1 Å². The molecule has 5 heteroatoms. The van der Waals surface area contributed by atoms with Gasteiger partial charge in [0.1, 0.15) is 0 Å². The Hall–Kier alpha value is -2.04. The highest BCUT2D eigenvalue weighted by atomic mass is 16.4. The second kappa shape index (κ2) is 4.00. The maximum absolute atomic E-state index is 11.1. The van der Waals surface area contributed by atoms with Gasteiger partial charge in [0, 0.05) is 18.9 Å². The molecule has 0 aromatic carbocycles. The third-order valence-electron chi connectivity index (χ3n) is 2.14. The van der Waals surface area contributed by atoms with Gasteiger partial charge in [-0.3, -0.25) is 4.98 Å². The van der Waals surface area contributed by atoms with E-state index in [1.165, 1.54) is 4.57 Å². The van der Waals surface area contributed by atoms with Gasteiger partial charge >= 0.3 is 5.76 Å². The van der Waals surface area contributed by atoms with Gasteiger partial charge in [0.2, 0.25) is 5.88 Å². The molecule has 0 aliphatic rings. The zero-order valence-electron chi connectivity index (χ0n) is 7.96. The zero-order chi connectivity index (χ0) is 10.7. The third kappa shape index (κ3) is 2.07. The molecule has 2 heterocycles. The molecule has 0 spiro atoms. The summed E-state index contributed by atoms with van der Waals surface area (Å²) in [5, 5.41) is 9.27. The lowest BCUT2D eigenvalue weighted by Gasteiger charge is -2.01. The van der Waals surface area contributed by atoms with Crippen molar-refractivity contribution in [2.75, 3.05) is 0 Å². The molecule has 2 aromatic rings. The van der Waals surface area contributed by atoms with Crippen LogP contribution in [0.5, 0.6) is 5.88 Å². The molecule has 0 aliphatic carbocycles. The predicted molar refractivity (Wildman–Crippen MR) is 52.6 cm³/mol. The first-order valence-electron chi connectivity index (χ1n) is 4.53. The van der Waals surface area contributed by atoms with E-state index < -0.39 is 5.76 Å². The van der Waals surface area contributed by atoms with Crippen molar-refractivity contribution >= 4 is 0 Å². The minimum absolute atomic E-state index is 0.144. The maximum Gasteiger partial charge on any atom is 0.421 e. The minimum atomic E-state index is -0.540. The molecule has 0 saturated heterocycles. The maximum atomic E-state index is 11.1. The predicted octanol–water partition coefficient (Wildman–Crippen LogP) is 0.785. The van der Waals surface area contributed by atoms with E-state index in [4.69, 9.17) is 0 Å². The summed E-state index contributed by atoms with van der Waals surface area (Å²) in [6.45, 7) is 0.394. The second-order valence-electron chi connectivity index (χ2n) is 3.12. The van der Waals surface area contributed by atoms with Gasteiger partial charge in [-0.25, -0.2) is 9.36 Å². The van der Waals surface area contributed by atoms with Crippen LogP contribution in [0.1, 0.15) is 5.56 Å². The van der Waals surface area contributed by atoms with E-state index in [9.17, 15) is 9.90 Å². The molecular formula is C10H10N2O3. The molecule has 5 nitrogen and oxygen atoms in total. The molecule has 0 amide bonds. The topological polar surface area (TPSA) is 68.3 Å². The van der Waals surface area contributed by atoms with Crippen molar-refractivity contribution in [1.29, 1.82) is 0 Å². The fraction of sp³-hybridized carbons (Fsp3) is 0.200. The Morgan fingerprint density at radius 3 is 2.73 bits per heavy atom. The van der Waals surface area contributed by atoms with E-state index in [-0.39, 0.29) is 5.88 Å². The summed E-state index contributed by atoms with van der Waals surface area (Å²) < 4.78 is 5.71. The lowest BCUT2D eigenvalue weighted by atomic mass is 10.2. The Morgan fingerprint density at radius 1 is 1.40 bits per heavy atom. The number of pyridine rings is 1. The standard InChI is InChI=1S/C10H10N2O3/c13-9-7-15-10(14)12(9)6-3-8-1-4-11-5-2-8/h1-2,4-5,7,13H,3,6H2. The number of aromatic hydroxyl groups is 1. The van der Waals surface area contributed by atoms with E-state index >= 15 is 0 Å². The Balaban J connectivity index is 2.09. The number of nitrogens with zero attached hydrogens (tertiary/aromatic N) is 2. The first kappa shape index (κ1) is 9.51. The van der Waals surface area contributed by atoms with Gasteiger partial charge in [0.05, 0.1) is 0 Å². The summed E-state index contributed by atoms with van der Waals surface area (Å²) in [5.41, 5.74) is 1.05. The highest BCUT2D eigenvalue weighted by Gasteiger charge is 2.05. The molecule has 15 heavy (non-hydrogen) atoms. The Bertz CT molecular complexity index is 487. The van der Waals surface area contributed by atoms with Crippen LogP contribution in [-0.4, -0.2) is 14.7 Å². The molecule has 0 radical (unpaired) electrons. The van der Waals surface area contributed by atoms with Gasteiger partial charge in [-0.2, -0.15) is 0 Å². The lowest BCUT2D eigenvalue weighted by Crippen LogP contribution is -2.15. The van der Waals surface area contributed by atoms with Crippen molar-refractivity contribution in [3.05, 3.63) is 46.9 Å². The molecule has 0 saturated carbocycles. The van der Waals surface area contributed by atoms with E-state index in [0.29, 0.717) is 13.0 Å². The Morgan fingerprint density at radius 2 is 2.13 bits per heavy atom. The largest absolute Gasteiger partial charge is 0.492 e. The minimum Gasteiger partial charge on any atom is -0.492 e. The van der Waals surface area contributed by atoms with Crippen molar-refractivity contribution in [2.24, 2.45) is 0 Å². The fourth-order valence-electron chi connectivity index (χ4n) is 1.32. The van der Waals surface area contributed by atoms with E-state index in [2.05, 4.69) is 9.40 Å². The van der Waals surface area contributed by atoms with Gasteiger partial charge in [0.15, 0.2) is 6.26 Å². The van der Waals surface area contributed by atoms with Crippen LogP contribution >= 0.6 is 0 Å². The van der Waals surface area contributed by atoms with E-state index in [1.54, 1.807) is 12.4 Å². The normalized spacial score (nSPS) is 10.4. The molecule has 0 fully saturated rings. The summed E-state index contributed by atoms with van der Waals surface area (Å²) in [7, 11) is 0. The fourth-order valence-corrected chi connectivity index (χ4v) is 1.32. The monoisotopic (exact) mass is 206 g/mol. The first-order chi connectivity index (χ1) is 7.27. The highest BCUT2D eigenvalue weighted by molar-refractivity contribution is 5.10. The smallest absolute Gasteiger partial charge is 0.421 e. The molecule has 0 bridgehead atoms. The van der Waals surface area contributed by atoms with Crippen LogP contribution < -0.4 is 5.76 Å². The third-order valence-corrected chi connectivity index (χ3v) is 2.14. The van der Waals surface area contributed by atoms with Crippen molar-refractivity contribution in [3.63, 3.8) is 0 Å². The first-order valence-corrected chi connectivity index (χ1v) is 4.53. The van der Waals surface area contributed by atoms with Crippen LogP contribution in [-0.2, 0) is 13.0 Å². The molecule has 2 rings (SSSR count). The number of hydrogen-bond donors (Lipinski definition) is 1. The number of oxazole rings is 1. The highest BCUT2D eigenvalue weighted by Crippen LogP contribution is 2.07. The molecule has 1 N–H and O–H groups in total. The molecular weight excluding hydrogens is 196 g/mol. The summed E-state index contributed by atoms with van der Waals surface area (Å²) in [6, 6.07) is 3.73. The van der Waals surface area contributed by atoms with Gasteiger partial charge in [0.25, 0.3) is 0 Å². The van der Waals surface area contributed by atoms with Gasteiger partial charge in [-0.1, -0.05) is 0 Å². The number of hydrogen-bond acceptors (Lipinski definition) is 4. The average molecular weight is 206 g/mol. The van der Waals surface area contributed by atoms with Crippen LogP contribution in [0.4, 0.5) is 0 Å². The number of aromatic nitrogens is 2. The lowest BCUT2D eigenvalue weighted by molar-refractivity contribution is 0.413. The molecule has 0 unspecified atom stereocenters. The summed E-state index contributed by atoms with van der Waals surface area (Å²) in [5.74, 6) is -0.685. The second-order valence-corrected chi connectivity index (χ2v) is 3.12. The number of rotatable bonds is 3.